The molecule has 0 saturated carbocycles. The third kappa shape index (κ3) is 5.44. The highest BCUT2D eigenvalue weighted by Gasteiger charge is 2.15. The van der Waals surface area contributed by atoms with E-state index in [2.05, 4.69) is 17.2 Å². The lowest BCUT2D eigenvalue weighted by Gasteiger charge is -2.19. The second-order valence-electron chi connectivity index (χ2n) is 5.01. The van der Waals surface area contributed by atoms with Crippen LogP contribution >= 0.6 is 0 Å². The van der Waals surface area contributed by atoms with Crippen molar-refractivity contribution < 1.29 is 19.4 Å². The van der Waals surface area contributed by atoms with Gasteiger partial charge < -0.3 is 15.2 Å². The van der Waals surface area contributed by atoms with Crippen LogP contribution in [0, 0.1) is 11.8 Å². The highest BCUT2D eigenvalue weighted by atomic mass is 16.6. The first-order chi connectivity index (χ1) is 9.29. The molecule has 20 heavy (non-hydrogen) atoms. The van der Waals surface area contributed by atoms with Gasteiger partial charge in [-0.3, -0.25) is 0 Å². The zero-order chi connectivity index (χ0) is 15.2. The molecule has 0 fully saturated rings. The number of aromatic carboxylic acids is 1. The number of benzene rings is 1. The van der Waals surface area contributed by atoms with Gasteiger partial charge in [-0.1, -0.05) is 24.0 Å². The van der Waals surface area contributed by atoms with E-state index in [1.807, 2.05) is 0 Å². The maximum atomic E-state index is 11.3. The van der Waals surface area contributed by atoms with Crippen molar-refractivity contribution >= 4 is 12.1 Å². The average molecular weight is 275 g/mol. The largest absolute Gasteiger partial charge is 0.478 e. The topological polar surface area (TPSA) is 75.6 Å². The summed E-state index contributed by atoms with van der Waals surface area (Å²) in [5.41, 5.74) is -0.0174. The van der Waals surface area contributed by atoms with E-state index in [4.69, 9.17) is 9.84 Å². The van der Waals surface area contributed by atoms with Gasteiger partial charge in [0.2, 0.25) is 0 Å². The van der Waals surface area contributed by atoms with Crippen LogP contribution in [0.1, 0.15) is 36.7 Å². The highest BCUT2D eigenvalue weighted by Crippen LogP contribution is 2.07. The Morgan fingerprint density at radius 3 is 2.55 bits per heavy atom. The van der Waals surface area contributed by atoms with Crippen LogP contribution in [-0.2, 0) is 4.74 Å². The molecule has 1 aromatic carbocycles. The number of alkyl carbamates (subject to hydrolysis) is 1. The van der Waals surface area contributed by atoms with E-state index in [9.17, 15) is 9.59 Å². The molecule has 0 atom stereocenters. The van der Waals surface area contributed by atoms with Gasteiger partial charge >= 0.3 is 12.1 Å². The predicted octanol–water partition coefficient (Wildman–Crippen LogP) is 2.26. The molecule has 0 heterocycles. The van der Waals surface area contributed by atoms with Crippen molar-refractivity contribution in [1.29, 1.82) is 0 Å². The van der Waals surface area contributed by atoms with Crippen LogP contribution < -0.4 is 5.32 Å². The third-order valence-electron chi connectivity index (χ3n) is 2.10. The second-order valence-corrected chi connectivity index (χ2v) is 5.01. The lowest BCUT2D eigenvalue weighted by molar-refractivity contribution is 0.0534. The SMILES string of the molecule is CC(C)(C)OC(=O)NCC#Cc1ccccc1C(=O)O. The van der Waals surface area contributed by atoms with E-state index in [-0.39, 0.29) is 12.1 Å². The summed E-state index contributed by atoms with van der Waals surface area (Å²) in [6.45, 7) is 5.38. The summed E-state index contributed by atoms with van der Waals surface area (Å²) in [6, 6.07) is 6.43. The highest BCUT2D eigenvalue weighted by molar-refractivity contribution is 5.90. The molecule has 0 spiro atoms. The van der Waals surface area contributed by atoms with E-state index in [1.54, 1.807) is 39.0 Å². The fraction of sp³-hybridized carbons (Fsp3) is 0.333. The monoisotopic (exact) mass is 275 g/mol. The van der Waals surface area contributed by atoms with Crippen molar-refractivity contribution in [2.75, 3.05) is 6.54 Å². The summed E-state index contributed by atoms with van der Waals surface area (Å²) < 4.78 is 5.04. The van der Waals surface area contributed by atoms with E-state index in [0.29, 0.717) is 5.56 Å². The molecule has 1 amide bonds. The van der Waals surface area contributed by atoms with Crippen LogP contribution in [-0.4, -0.2) is 29.3 Å². The van der Waals surface area contributed by atoms with Gasteiger partial charge in [-0.2, -0.15) is 0 Å². The molecule has 5 nitrogen and oxygen atoms in total. The minimum Gasteiger partial charge on any atom is -0.478 e. The van der Waals surface area contributed by atoms with Gasteiger partial charge in [0.15, 0.2) is 0 Å². The molecule has 2 N–H and O–H groups in total. The molecule has 0 aliphatic carbocycles. The molecular formula is C15H17NO4. The van der Waals surface area contributed by atoms with Crippen molar-refractivity contribution in [3.63, 3.8) is 0 Å². The third-order valence-corrected chi connectivity index (χ3v) is 2.10. The van der Waals surface area contributed by atoms with Crippen molar-refractivity contribution in [2.45, 2.75) is 26.4 Å². The number of ether oxygens (including phenoxy) is 1. The molecule has 0 aliphatic rings. The molecule has 5 heteroatoms. The molecule has 0 radical (unpaired) electrons. The van der Waals surface area contributed by atoms with Crippen LogP contribution in [0.25, 0.3) is 0 Å². The lowest BCUT2D eigenvalue weighted by Crippen LogP contribution is -2.32. The first kappa shape index (κ1) is 15.6. The fourth-order valence-corrected chi connectivity index (χ4v) is 1.35. The second kappa shape index (κ2) is 6.62. The molecule has 0 saturated heterocycles. The molecule has 0 bridgehead atoms. The number of carbonyl (C=O) groups excluding carboxylic acids is 1. The summed E-state index contributed by atoms with van der Waals surface area (Å²) >= 11 is 0. The number of nitrogens with one attached hydrogen (secondary N) is 1. The predicted molar refractivity (Wildman–Crippen MR) is 74.5 cm³/mol. The Morgan fingerprint density at radius 2 is 1.95 bits per heavy atom. The van der Waals surface area contributed by atoms with Gasteiger partial charge in [0.05, 0.1) is 12.1 Å². The van der Waals surface area contributed by atoms with Gasteiger partial charge in [-0.25, -0.2) is 9.59 Å². The lowest BCUT2D eigenvalue weighted by atomic mass is 10.1. The first-order valence-corrected chi connectivity index (χ1v) is 6.07. The molecule has 0 unspecified atom stereocenters. The average Bonchev–Trinajstić information content (AvgIpc) is 2.33. The molecule has 1 rings (SSSR count). The Hall–Kier alpha value is -2.48. The van der Waals surface area contributed by atoms with Crippen LogP contribution in [0.3, 0.4) is 0 Å². The van der Waals surface area contributed by atoms with E-state index < -0.39 is 17.7 Å². The van der Waals surface area contributed by atoms with Crippen LogP contribution in [0.2, 0.25) is 0 Å². The Labute approximate surface area is 117 Å². The van der Waals surface area contributed by atoms with Gasteiger partial charge in [0.1, 0.15) is 5.60 Å². The Morgan fingerprint density at radius 1 is 1.30 bits per heavy atom. The van der Waals surface area contributed by atoms with E-state index in [1.165, 1.54) is 6.07 Å². The van der Waals surface area contributed by atoms with Gasteiger partial charge in [0, 0.05) is 5.56 Å². The minimum atomic E-state index is -1.03. The van der Waals surface area contributed by atoms with E-state index >= 15 is 0 Å². The summed E-state index contributed by atoms with van der Waals surface area (Å²) in [5.74, 6) is 4.37. The maximum Gasteiger partial charge on any atom is 0.408 e. The summed E-state index contributed by atoms with van der Waals surface area (Å²) in [5, 5.41) is 11.5. The minimum absolute atomic E-state index is 0.0862. The first-order valence-electron chi connectivity index (χ1n) is 6.07. The Balaban J connectivity index is 2.60. The van der Waals surface area contributed by atoms with E-state index in [0.717, 1.165) is 0 Å². The molecule has 1 aromatic rings. The molecule has 0 aliphatic heterocycles. The number of hydrogen-bond acceptors (Lipinski definition) is 3. The van der Waals surface area contributed by atoms with Crippen molar-refractivity contribution in [1.82, 2.24) is 5.32 Å². The van der Waals surface area contributed by atoms with Crippen molar-refractivity contribution in [2.24, 2.45) is 0 Å². The van der Waals surface area contributed by atoms with Crippen LogP contribution in [0.5, 0.6) is 0 Å². The maximum absolute atomic E-state index is 11.3. The Bertz CT molecular complexity index is 561. The smallest absolute Gasteiger partial charge is 0.408 e. The number of rotatable bonds is 2. The summed E-state index contributed by atoms with van der Waals surface area (Å²) in [7, 11) is 0. The quantitative estimate of drug-likeness (QED) is 0.812. The van der Waals surface area contributed by atoms with Crippen molar-refractivity contribution in [3.8, 4) is 11.8 Å². The van der Waals surface area contributed by atoms with Gasteiger partial charge in [-0.05, 0) is 32.9 Å². The van der Waals surface area contributed by atoms with Gasteiger partial charge in [0.25, 0.3) is 0 Å². The summed E-state index contributed by atoms with van der Waals surface area (Å²) in [6.07, 6.45) is -0.557. The number of carboxylic acids is 1. The molecule has 0 aromatic heterocycles. The number of amides is 1. The van der Waals surface area contributed by atoms with Crippen LogP contribution in [0.4, 0.5) is 4.79 Å². The number of carbonyl (C=O) groups is 2. The Kier molecular flexibility index (Phi) is 5.15. The van der Waals surface area contributed by atoms with Gasteiger partial charge in [-0.15, -0.1) is 0 Å². The van der Waals surface area contributed by atoms with Crippen LogP contribution in [0.15, 0.2) is 24.3 Å². The number of hydrogen-bond donors (Lipinski definition) is 2. The van der Waals surface area contributed by atoms with Crippen molar-refractivity contribution in [3.05, 3.63) is 35.4 Å². The zero-order valence-corrected chi connectivity index (χ0v) is 11.7. The summed E-state index contributed by atoms with van der Waals surface area (Å²) in [4.78, 5) is 22.3. The number of carboxylic acid groups (broad SMARTS) is 1. The normalized spacial score (nSPS) is 10.2. The molecular weight excluding hydrogens is 258 g/mol. The standard InChI is InChI=1S/C15H17NO4/c1-15(2,3)20-14(19)16-10-6-8-11-7-4-5-9-12(11)13(17)18/h4-5,7,9H,10H2,1-3H3,(H,16,19)(H,17,18). The zero-order valence-electron chi connectivity index (χ0n) is 11.7. The molecule has 106 valence electrons. The fourth-order valence-electron chi connectivity index (χ4n) is 1.35.